The van der Waals surface area contributed by atoms with Crippen LogP contribution in [-0.4, -0.2) is 43.2 Å². The zero-order chi connectivity index (χ0) is 30.2. The number of anilines is 2. The molecule has 3 aromatic rings. The van der Waals surface area contributed by atoms with E-state index in [9.17, 15) is 18.0 Å². The first-order valence-electron chi connectivity index (χ1n) is 13.3. The molecular formula is C29H29Cl2N5O5S. The number of carbonyl (C=O) groups excluding carboxylic acids is 2. The zero-order valence-electron chi connectivity index (χ0n) is 23.1. The lowest BCUT2D eigenvalue weighted by Gasteiger charge is -2.23. The monoisotopic (exact) mass is 629 g/mol. The van der Waals surface area contributed by atoms with Crippen molar-refractivity contribution in [3.8, 4) is 0 Å². The van der Waals surface area contributed by atoms with E-state index in [4.69, 9.17) is 27.4 Å². The van der Waals surface area contributed by atoms with Gasteiger partial charge in [0.05, 0.1) is 22.7 Å². The topological polar surface area (TPSA) is 130 Å². The van der Waals surface area contributed by atoms with Gasteiger partial charge < -0.3 is 14.8 Å². The molecule has 0 radical (unpaired) electrons. The highest BCUT2D eigenvalue weighted by atomic mass is 35.5. The molecule has 2 atom stereocenters. The van der Waals surface area contributed by atoms with Crippen molar-refractivity contribution >= 4 is 62.5 Å². The first-order chi connectivity index (χ1) is 19.9. The fourth-order valence-corrected chi connectivity index (χ4v) is 6.05. The van der Waals surface area contributed by atoms with Gasteiger partial charge in [-0.15, -0.1) is 5.10 Å². The third kappa shape index (κ3) is 6.53. The minimum absolute atomic E-state index is 0.0273. The van der Waals surface area contributed by atoms with Crippen molar-refractivity contribution in [2.24, 2.45) is 11.0 Å². The van der Waals surface area contributed by atoms with E-state index in [0.29, 0.717) is 16.5 Å². The molecule has 2 N–H and O–H groups in total. The predicted molar refractivity (Wildman–Crippen MR) is 161 cm³/mol. The van der Waals surface area contributed by atoms with Gasteiger partial charge in [-0.3, -0.25) is 9.59 Å². The average molecular weight is 631 g/mol. The molecule has 1 aromatic heterocycles. The quantitative estimate of drug-likeness (QED) is 0.316. The van der Waals surface area contributed by atoms with Gasteiger partial charge in [-0.05, 0) is 81.5 Å². The molecule has 220 valence electrons. The number of carbonyl (C=O) groups is 2. The summed E-state index contributed by atoms with van der Waals surface area (Å²) in [6, 6.07) is 11.4. The maximum atomic E-state index is 13.8. The van der Waals surface area contributed by atoms with E-state index < -0.39 is 22.1 Å². The highest BCUT2D eigenvalue weighted by Gasteiger charge is 2.39. The molecule has 2 aromatic carbocycles. The molecule has 2 amide bonds. The van der Waals surface area contributed by atoms with Crippen LogP contribution in [-0.2, 0) is 19.1 Å². The Hall–Kier alpha value is -3.67. The summed E-state index contributed by atoms with van der Waals surface area (Å²) < 4.78 is 31.4. The Morgan fingerprint density at radius 3 is 2.48 bits per heavy atom. The summed E-state index contributed by atoms with van der Waals surface area (Å²) in [5, 5.41) is 11.9. The van der Waals surface area contributed by atoms with Gasteiger partial charge in [0.25, 0.3) is 5.91 Å². The number of hydrogen-bond acceptors (Lipinski definition) is 8. The van der Waals surface area contributed by atoms with Crippen LogP contribution in [0.1, 0.15) is 47.7 Å². The van der Waals surface area contributed by atoms with Crippen LogP contribution in [0.4, 0.5) is 11.5 Å². The van der Waals surface area contributed by atoms with Crippen molar-refractivity contribution in [1.82, 2.24) is 10.3 Å². The Kier molecular flexibility index (Phi) is 8.45. The van der Waals surface area contributed by atoms with E-state index in [1.54, 1.807) is 37.3 Å². The number of aryl methyl sites for hydroxylation is 2. The number of rotatable bonds is 8. The van der Waals surface area contributed by atoms with Gasteiger partial charge >= 0.3 is 10.1 Å². The molecule has 5 rings (SSSR count). The van der Waals surface area contributed by atoms with Gasteiger partial charge in [-0.2, -0.15) is 8.42 Å². The van der Waals surface area contributed by atoms with E-state index in [-0.39, 0.29) is 51.3 Å². The normalized spacial score (nSPS) is 17.4. The molecule has 2 unspecified atom stereocenters. The molecule has 10 nitrogen and oxygen atoms in total. The van der Waals surface area contributed by atoms with Crippen LogP contribution in [0.5, 0.6) is 0 Å². The zero-order valence-corrected chi connectivity index (χ0v) is 25.4. The summed E-state index contributed by atoms with van der Waals surface area (Å²) in [7, 11) is -4.24. The lowest BCUT2D eigenvalue weighted by atomic mass is 10.1. The molecule has 42 heavy (non-hydrogen) atoms. The molecule has 2 heterocycles. The van der Waals surface area contributed by atoms with Crippen molar-refractivity contribution in [3.05, 3.63) is 81.5 Å². The Balaban J connectivity index is 1.43. The molecule has 1 saturated carbocycles. The number of benzene rings is 2. The van der Waals surface area contributed by atoms with E-state index >= 15 is 0 Å². The number of nitrogens with zero attached hydrogens (tertiary/aromatic N) is 3. The Bertz CT molecular complexity index is 1680. The summed E-state index contributed by atoms with van der Waals surface area (Å²) in [5.41, 5.74) is 1.94. The van der Waals surface area contributed by atoms with Crippen LogP contribution < -0.4 is 15.6 Å². The van der Waals surface area contributed by atoms with Gasteiger partial charge in [-0.25, -0.2) is 9.99 Å². The second-order valence-corrected chi connectivity index (χ2v) is 12.8. The summed E-state index contributed by atoms with van der Waals surface area (Å²) in [6.45, 7) is 5.51. The van der Waals surface area contributed by atoms with Gasteiger partial charge in [0.1, 0.15) is 10.9 Å². The van der Waals surface area contributed by atoms with E-state index in [1.807, 2.05) is 13.8 Å². The molecule has 1 aliphatic carbocycles. The maximum absolute atomic E-state index is 13.8. The molecule has 0 bridgehead atoms. The summed E-state index contributed by atoms with van der Waals surface area (Å²) >= 11 is 12.7. The SMILES string of the molecule is Cc1ccc(S(=O)(=O)OC2=NN(c3ncccc3Cl)C(C(=O)Nc3c(C)cc(Cl)cc3C(=O)NC(C)C3CC3)C2)cc1. The first kappa shape index (κ1) is 29.8. The van der Waals surface area contributed by atoms with Crippen LogP contribution in [0.25, 0.3) is 0 Å². The molecule has 0 spiro atoms. The maximum Gasteiger partial charge on any atom is 0.340 e. The molecule has 0 saturated heterocycles. The van der Waals surface area contributed by atoms with E-state index in [2.05, 4.69) is 20.7 Å². The molecule has 2 aliphatic rings. The minimum atomic E-state index is -4.24. The number of amides is 2. The number of halogens is 2. The molecule has 13 heteroatoms. The smallest absolute Gasteiger partial charge is 0.340 e. The Morgan fingerprint density at radius 1 is 1.10 bits per heavy atom. The Morgan fingerprint density at radius 2 is 1.81 bits per heavy atom. The highest BCUT2D eigenvalue weighted by Crippen LogP contribution is 2.34. The summed E-state index contributed by atoms with van der Waals surface area (Å²) in [6.07, 6.45) is 3.37. The fourth-order valence-electron chi connectivity index (χ4n) is 4.65. The van der Waals surface area contributed by atoms with Crippen molar-refractivity contribution < 1.29 is 22.2 Å². The molecule has 1 aliphatic heterocycles. The van der Waals surface area contributed by atoms with Gasteiger partial charge in [0.2, 0.25) is 11.8 Å². The lowest BCUT2D eigenvalue weighted by molar-refractivity contribution is -0.117. The number of hydrogen-bond donors (Lipinski definition) is 2. The summed E-state index contributed by atoms with van der Waals surface area (Å²) in [4.78, 5) is 31.2. The largest absolute Gasteiger partial charge is 0.361 e. The van der Waals surface area contributed by atoms with Crippen LogP contribution in [0.2, 0.25) is 10.0 Å². The van der Waals surface area contributed by atoms with Crippen LogP contribution in [0.3, 0.4) is 0 Å². The third-order valence-electron chi connectivity index (χ3n) is 7.14. The van der Waals surface area contributed by atoms with Crippen LogP contribution in [0.15, 0.2) is 64.7 Å². The number of aromatic nitrogens is 1. The second kappa shape index (κ2) is 11.9. The van der Waals surface area contributed by atoms with Crippen LogP contribution in [0, 0.1) is 19.8 Å². The van der Waals surface area contributed by atoms with Gasteiger partial charge in [-0.1, -0.05) is 40.9 Å². The summed E-state index contributed by atoms with van der Waals surface area (Å²) in [5.74, 6) is -0.609. The van der Waals surface area contributed by atoms with Gasteiger partial charge in [0.15, 0.2) is 5.82 Å². The van der Waals surface area contributed by atoms with E-state index in [1.165, 1.54) is 29.4 Å². The minimum Gasteiger partial charge on any atom is -0.361 e. The average Bonchev–Trinajstić information content (AvgIpc) is 3.71. The highest BCUT2D eigenvalue weighted by molar-refractivity contribution is 7.87. The lowest BCUT2D eigenvalue weighted by Crippen LogP contribution is -2.40. The Labute approximate surface area is 254 Å². The molecule has 1 fully saturated rings. The molecular weight excluding hydrogens is 601 g/mol. The third-order valence-corrected chi connectivity index (χ3v) is 8.91. The second-order valence-electron chi connectivity index (χ2n) is 10.5. The van der Waals surface area contributed by atoms with Crippen molar-refractivity contribution in [3.63, 3.8) is 0 Å². The van der Waals surface area contributed by atoms with Crippen molar-refractivity contribution in [2.75, 3.05) is 10.3 Å². The van der Waals surface area contributed by atoms with Gasteiger partial charge in [0, 0.05) is 17.3 Å². The number of hydrazone groups is 1. The van der Waals surface area contributed by atoms with Crippen molar-refractivity contribution in [2.45, 2.75) is 57.0 Å². The fraction of sp³-hybridized carbons (Fsp3) is 0.310. The standard InChI is InChI=1S/C29H29Cl2N5O5S/c1-16-6-10-21(11-7-16)42(39,40)41-25-15-24(36(35-25)27-23(31)5-4-12-32-27)29(38)34-26-17(2)13-20(30)14-22(26)28(37)33-18(3)19-8-9-19/h4-7,10-14,18-19,24H,8-9,15H2,1-3H3,(H,33,37)(H,34,38). The van der Waals surface area contributed by atoms with Crippen molar-refractivity contribution in [1.29, 1.82) is 0 Å². The van der Waals surface area contributed by atoms with E-state index in [0.717, 1.165) is 18.4 Å². The predicted octanol–water partition coefficient (Wildman–Crippen LogP) is 5.47. The number of pyridine rings is 1. The first-order valence-corrected chi connectivity index (χ1v) is 15.5. The number of nitrogens with one attached hydrogen (secondary N) is 2. The van der Waals surface area contributed by atoms with Crippen LogP contribution >= 0.6 is 23.2 Å².